The number of nitro groups is 1. The Kier molecular flexibility index (Phi) is 2.23. The van der Waals surface area contributed by atoms with E-state index < -0.39 is 4.92 Å². The van der Waals surface area contributed by atoms with Crippen LogP contribution in [0.25, 0.3) is 10.9 Å². The van der Waals surface area contributed by atoms with Crippen molar-refractivity contribution >= 4 is 22.4 Å². The standard InChI is InChI=1S/C11H10N2O3/c1-7(14)8-4-3-5-9-10(13(15)16)6-12(2)11(8)9/h3-6H,1-2H3. The number of carbonyl (C=O) groups is 1. The summed E-state index contributed by atoms with van der Waals surface area (Å²) < 4.78 is 1.62. The highest BCUT2D eigenvalue weighted by molar-refractivity contribution is 6.08. The van der Waals surface area contributed by atoms with E-state index >= 15 is 0 Å². The summed E-state index contributed by atoms with van der Waals surface area (Å²) in [7, 11) is 1.70. The normalized spacial score (nSPS) is 10.6. The van der Waals surface area contributed by atoms with Crippen LogP contribution in [0.15, 0.2) is 24.4 Å². The molecule has 2 aromatic rings. The van der Waals surface area contributed by atoms with E-state index in [9.17, 15) is 14.9 Å². The molecule has 0 N–H and O–H groups in total. The van der Waals surface area contributed by atoms with E-state index in [4.69, 9.17) is 0 Å². The molecule has 0 saturated carbocycles. The third kappa shape index (κ3) is 1.37. The van der Waals surface area contributed by atoms with Gasteiger partial charge >= 0.3 is 0 Å². The van der Waals surface area contributed by atoms with Gasteiger partial charge in [0.2, 0.25) is 0 Å². The minimum absolute atomic E-state index is 0.0283. The molecule has 0 aliphatic heterocycles. The molecule has 0 amide bonds. The lowest BCUT2D eigenvalue weighted by Crippen LogP contribution is -1.96. The van der Waals surface area contributed by atoms with Crippen molar-refractivity contribution in [2.24, 2.45) is 7.05 Å². The van der Waals surface area contributed by atoms with E-state index in [2.05, 4.69) is 0 Å². The lowest BCUT2D eigenvalue weighted by Gasteiger charge is -2.00. The summed E-state index contributed by atoms with van der Waals surface area (Å²) in [6, 6.07) is 4.99. The largest absolute Gasteiger partial charge is 0.344 e. The van der Waals surface area contributed by atoms with E-state index in [-0.39, 0.29) is 11.5 Å². The predicted octanol–water partition coefficient (Wildman–Crippen LogP) is 2.29. The maximum atomic E-state index is 11.4. The molecule has 0 aliphatic rings. The summed E-state index contributed by atoms with van der Waals surface area (Å²) >= 11 is 0. The fourth-order valence-electron chi connectivity index (χ4n) is 1.88. The number of hydrogen-bond donors (Lipinski definition) is 0. The monoisotopic (exact) mass is 218 g/mol. The first-order chi connectivity index (χ1) is 7.52. The van der Waals surface area contributed by atoms with Gasteiger partial charge in [0.1, 0.15) is 0 Å². The van der Waals surface area contributed by atoms with Crippen LogP contribution >= 0.6 is 0 Å². The maximum Gasteiger partial charge on any atom is 0.294 e. The van der Waals surface area contributed by atoms with Crippen LogP contribution in [-0.4, -0.2) is 15.3 Å². The first-order valence-corrected chi connectivity index (χ1v) is 4.75. The Morgan fingerprint density at radius 3 is 2.69 bits per heavy atom. The van der Waals surface area contributed by atoms with Crippen molar-refractivity contribution in [2.75, 3.05) is 0 Å². The number of nitrogens with zero attached hydrogens (tertiary/aromatic N) is 2. The van der Waals surface area contributed by atoms with Crippen molar-refractivity contribution in [3.63, 3.8) is 0 Å². The summed E-state index contributed by atoms with van der Waals surface area (Å²) in [5.74, 6) is -0.0957. The fraction of sp³-hybridized carbons (Fsp3) is 0.182. The Morgan fingerprint density at radius 2 is 2.12 bits per heavy atom. The summed E-state index contributed by atoms with van der Waals surface area (Å²) in [4.78, 5) is 21.8. The molecule has 0 radical (unpaired) electrons. The van der Waals surface area contributed by atoms with Crippen LogP contribution in [0.5, 0.6) is 0 Å². The zero-order chi connectivity index (χ0) is 11.9. The second kappa shape index (κ2) is 3.44. The molecule has 1 heterocycles. The zero-order valence-corrected chi connectivity index (χ0v) is 8.93. The molecular weight excluding hydrogens is 208 g/mol. The van der Waals surface area contributed by atoms with Crippen LogP contribution in [0, 0.1) is 10.1 Å². The van der Waals surface area contributed by atoms with Gasteiger partial charge in [-0.15, -0.1) is 0 Å². The highest BCUT2D eigenvalue weighted by Crippen LogP contribution is 2.29. The topological polar surface area (TPSA) is 65.1 Å². The smallest absolute Gasteiger partial charge is 0.294 e. The molecule has 0 unspecified atom stereocenters. The number of hydrogen-bond acceptors (Lipinski definition) is 3. The Balaban J connectivity index is 2.90. The number of ketones is 1. The molecule has 2 rings (SSSR count). The molecule has 0 fully saturated rings. The molecule has 5 heteroatoms. The van der Waals surface area contributed by atoms with Crippen LogP contribution in [-0.2, 0) is 7.05 Å². The molecule has 0 bridgehead atoms. The molecule has 82 valence electrons. The number of fused-ring (bicyclic) bond motifs is 1. The van der Waals surface area contributed by atoms with Crippen LogP contribution in [0.2, 0.25) is 0 Å². The van der Waals surface area contributed by atoms with Crippen LogP contribution in [0.4, 0.5) is 5.69 Å². The molecule has 1 aromatic carbocycles. The number of benzene rings is 1. The van der Waals surface area contributed by atoms with E-state index in [1.54, 1.807) is 29.8 Å². The average Bonchev–Trinajstić information content (AvgIpc) is 2.56. The van der Waals surface area contributed by atoms with Crippen LogP contribution in [0.1, 0.15) is 17.3 Å². The second-order valence-corrected chi connectivity index (χ2v) is 3.64. The van der Waals surface area contributed by atoms with Crippen LogP contribution < -0.4 is 0 Å². The maximum absolute atomic E-state index is 11.4. The third-order valence-corrected chi connectivity index (χ3v) is 2.56. The number of Topliss-reactive ketones (excluding diaryl/α,β-unsaturated/α-hetero) is 1. The quantitative estimate of drug-likeness (QED) is 0.441. The highest BCUT2D eigenvalue weighted by Gasteiger charge is 2.19. The van der Waals surface area contributed by atoms with Gasteiger partial charge in [-0.05, 0) is 19.1 Å². The number of rotatable bonds is 2. The molecule has 1 aromatic heterocycles. The molecule has 0 aliphatic carbocycles. The van der Waals surface area contributed by atoms with Gasteiger partial charge in [0.15, 0.2) is 5.78 Å². The van der Waals surface area contributed by atoms with Gasteiger partial charge in [-0.3, -0.25) is 14.9 Å². The van der Waals surface area contributed by atoms with Crippen molar-refractivity contribution < 1.29 is 9.72 Å². The van der Waals surface area contributed by atoms with Gasteiger partial charge in [-0.2, -0.15) is 0 Å². The Labute approximate surface area is 91.4 Å². The Bertz CT molecular complexity index is 599. The summed E-state index contributed by atoms with van der Waals surface area (Å²) in [6.07, 6.45) is 1.43. The molecule has 0 saturated heterocycles. The highest BCUT2D eigenvalue weighted by atomic mass is 16.6. The van der Waals surface area contributed by atoms with Gasteiger partial charge in [0.25, 0.3) is 5.69 Å². The lowest BCUT2D eigenvalue weighted by molar-refractivity contribution is -0.383. The predicted molar refractivity (Wildman–Crippen MR) is 59.6 cm³/mol. The minimum atomic E-state index is -0.438. The van der Waals surface area contributed by atoms with Crippen molar-refractivity contribution in [3.05, 3.63) is 40.1 Å². The molecular formula is C11H10N2O3. The van der Waals surface area contributed by atoms with Crippen molar-refractivity contribution in [2.45, 2.75) is 6.92 Å². The van der Waals surface area contributed by atoms with Gasteiger partial charge < -0.3 is 4.57 Å². The lowest BCUT2D eigenvalue weighted by atomic mass is 10.1. The first kappa shape index (κ1) is 10.4. The minimum Gasteiger partial charge on any atom is -0.344 e. The van der Waals surface area contributed by atoms with E-state index in [0.717, 1.165) is 0 Å². The number of aryl methyl sites for hydroxylation is 1. The SMILES string of the molecule is CC(=O)c1cccc2c([N+](=O)[O-])cn(C)c12. The fourth-order valence-corrected chi connectivity index (χ4v) is 1.88. The summed E-state index contributed by atoms with van der Waals surface area (Å²) in [5.41, 5.74) is 1.15. The second-order valence-electron chi connectivity index (χ2n) is 3.64. The summed E-state index contributed by atoms with van der Waals surface area (Å²) in [6.45, 7) is 1.45. The Hall–Kier alpha value is -2.17. The number of aromatic nitrogens is 1. The van der Waals surface area contributed by atoms with Gasteiger partial charge in [0.05, 0.1) is 22.0 Å². The molecule has 0 atom stereocenters. The van der Waals surface area contributed by atoms with Crippen molar-refractivity contribution in [1.29, 1.82) is 0 Å². The van der Waals surface area contributed by atoms with Crippen LogP contribution in [0.3, 0.4) is 0 Å². The molecule has 0 spiro atoms. The molecule has 5 nitrogen and oxygen atoms in total. The number of para-hydroxylation sites is 1. The van der Waals surface area contributed by atoms with Gasteiger partial charge in [-0.25, -0.2) is 0 Å². The number of carbonyl (C=O) groups excluding carboxylic acids is 1. The van der Waals surface area contributed by atoms with Crippen molar-refractivity contribution in [3.8, 4) is 0 Å². The molecule has 16 heavy (non-hydrogen) atoms. The van der Waals surface area contributed by atoms with Gasteiger partial charge in [-0.1, -0.05) is 6.07 Å². The van der Waals surface area contributed by atoms with E-state index in [1.807, 2.05) is 0 Å². The van der Waals surface area contributed by atoms with Gasteiger partial charge in [0, 0.05) is 12.6 Å². The third-order valence-electron chi connectivity index (χ3n) is 2.56. The average molecular weight is 218 g/mol. The first-order valence-electron chi connectivity index (χ1n) is 4.75. The Morgan fingerprint density at radius 1 is 1.44 bits per heavy atom. The summed E-state index contributed by atoms with van der Waals surface area (Å²) in [5, 5.41) is 11.3. The van der Waals surface area contributed by atoms with E-state index in [1.165, 1.54) is 13.1 Å². The zero-order valence-electron chi connectivity index (χ0n) is 8.93. The van der Waals surface area contributed by atoms with E-state index in [0.29, 0.717) is 16.5 Å². The van der Waals surface area contributed by atoms with Crippen molar-refractivity contribution in [1.82, 2.24) is 4.57 Å².